The normalized spacial score (nSPS) is 25.1. The van der Waals surface area contributed by atoms with E-state index in [4.69, 9.17) is 0 Å². The van der Waals surface area contributed by atoms with E-state index >= 15 is 0 Å². The molecule has 0 spiro atoms. The molecule has 0 unspecified atom stereocenters. The number of nitrogens with one attached hydrogen (secondary N) is 1. The van der Waals surface area contributed by atoms with Crippen LogP contribution in [0.2, 0.25) is 0 Å². The van der Waals surface area contributed by atoms with Gasteiger partial charge >= 0.3 is 6.18 Å². The third-order valence-electron chi connectivity index (χ3n) is 8.13. The molecule has 2 fully saturated rings. The van der Waals surface area contributed by atoms with Crippen LogP contribution in [-0.2, 0) is 20.8 Å². The highest BCUT2D eigenvalue weighted by Crippen LogP contribution is 2.36. The van der Waals surface area contributed by atoms with Crippen molar-refractivity contribution in [1.29, 1.82) is 0 Å². The molecule has 1 aliphatic heterocycles. The first-order valence-electron chi connectivity index (χ1n) is 13.1. The molecule has 2 aliphatic rings. The van der Waals surface area contributed by atoms with Gasteiger partial charge in [0.1, 0.15) is 28.0 Å². The third-order valence-corrected chi connectivity index (χ3v) is 9.94. The molecular weight excluding hydrogens is 519 g/mol. The predicted octanol–water partition coefficient (Wildman–Crippen LogP) is 3.97. The molecule has 2 aromatic rings. The molecule has 12 heteroatoms. The maximum Gasteiger partial charge on any atom is 0.416 e. The van der Waals surface area contributed by atoms with Crippen LogP contribution < -0.4 is 5.32 Å². The van der Waals surface area contributed by atoms with Crippen LogP contribution in [0.3, 0.4) is 0 Å². The Morgan fingerprint density at radius 1 is 1.18 bits per heavy atom. The van der Waals surface area contributed by atoms with Crippen molar-refractivity contribution in [2.75, 3.05) is 30.4 Å². The van der Waals surface area contributed by atoms with Gasteiger partial charge in [-0.25, -0.2) is 18.4 Å². The molecular formula is C26H36F3N5O3S. The summed E-state index contributed by atoms with van der Waals surface area (Å²) >= 11 is 0. The number of anilines is 1. The Labute approximate surface area is 221 Å². The van der Waals surface area contributed by atoms with Gasteiger partial charge in [-0.1, -0.05) is 6.92 Å². The molecule has 0 radical (unpaired) electrons. The van der Waals surface area contributed by atoms with E-state index in [-0.39, 0.29) is 46.6 Å². The predicted molar refractivity (Wildman–Crippen MR) is 140 cm³/mol. The number of halogens is 3. The van der Waals surface area contributed by atoms with Crippen LogP contribution in [0.5, 0.6) is 0 Å². The van der Waals surface area contributed by atoms with Crippen LogP contribution in [0.4, 0.5) is 19.0 Å². The van der Waals surface area contributed by atoms with E-state index in [1.807, 2.05) is 0 Å². The summed E-state index contributed by atoms with van der Waals surface area (Å²) < 4.78 is 65.2. The standard InChI is InChI=1S/C26H36F3N5O3S/c1-5-38(36,37)14-17-12-19(33(4)16(2)3)7-9-23(17)34-11-10-22(25(34)35)32-24-20-13-18(26(27,28)29)6-8-21(20)30-15-31-24/h6,8,13,15-17,19,22-23H,5,7,9-12,14H2,1-4H3,(H,30,31,32)/t17-,19-,22+,23+/m1/s1. The Bertz CT molecular complexity index is 1270. The Hall–Kier alpha value is -2.47. The van der Waals surface area contributed by atoms with Gasteiger partial charge in [0.05, 0.1) is 16.8 Å². The summed E-state index contributed by atoms with van der Waals surface area (Å²) in [5.74, 6) is -0.0941. The second-order valence-corrected chi connectivity index (χ2v) is 13.1. The van der Waals surface area contributed by atoms with Crippen molar-refractivity contribution >= 4 is 32.5 Å². The SMILES string of the molecule is CCS(=O)(=O)C[C@H]1C[C@H](N(C)C(C)C)CC[C@@H]1N1CC[C@H](Nc2ncnc3ccc(C(F)(F)F)cc23)C1=O. The van der Waals surface area contributed by atoms with Crippen molar-refractivity contribution in [3.63, 3.8) is 0 Å². The van der Waals surface area contributed by atoms with Crippen molar-refractivity contribution in [3.05, 3.63) is 30.1 Å². The van der Waals surface area contributed by atoms with E-state index in [0.29, 0.717) is 37.4 Å². The Balaban J connectivity index is 1.55. The summed E-state index contributed by atoms with van der Waals surface area (Å²) in [4.78, 5) is 25.8. The number of likely N-dealkylation sites (tertiary alicyclic amines) is 1. The van der Waals surface area contributed by atoms with E-state index in [2.05, 4.69) is 41.1 Å². The number of benzene rings is 1. The number of hydrogen-bond donors (Lipinski definition) is 1. The lowest BCUT2D eigenvalue weighted by Gasteiger charge is -2.44. The molecule has 38 heavy (non-hydrogen) atoms. The third kappa shape index (κ3) is 6.06. The lowest BCUT2D eigenvalue weighted by molar-refractivity contribution is -0.137. The van der Waals surface area contributed by atoms with Crippen LogP contribution in [0.1, 0.15) is 52.0 Å². The van der Waals surface area contributed by atoms with Crippen LogP contribution in [0.15, 0.2) is 24.5 Å². The molecule has 1 aromatic carbocycles. The molecule has 1 saturated carbocycles. The van der Waals surface area contributed by atoms with E-state index in [1.54, 1.807) is 11.8 Å². The maximum atomic E-state index is 13.6. The first kappa shape index (κ1) is 28.5. The minimum atomic E-state index is -4.52. The van der Waals surface area contributed by atoms with Crippen molar-refractivity contribution in [2.45, 2.75) is 76.8 Å². The summed E-state index contributed by atoms with van der Waals surface area (Å²) in [5.41, 5.74) is -0.472. The van der Waals surface area contributed by atoms with E-state index < -0.39 is 27.6 Å². The molecule has 0 bridgehead atoms. The number of rotatable bonds is 8. The summed E-state index contributed by atoms with van der Waals surface area (Å²) in [6, 6.07) is 2.95. The van der Waals surface area contributed by atoms with Crippen LogP contribution in [-0.4, -0.2) is 83.4 Å². The molecule has 4 rings (SSSR count). The van der Waals surface area contributed by atoms with Crippen molar-refractivity contribution in [2.24, 2.45) is 5.92 Å². The lowest BCUT2D eigenvalue weighted by Crippen LogP contribution is -2.52. The highest BCUT2D eigenvalue weighted by Gasteiger charge is 2.43. The van der Waals surface area contributed by atoms with Crippen molar-refractivity contribution < 1.29 is 26.4 Å². The average Bonchev–Trinajstić information content (AvgIpc) is 3.22. The smallest absolute Gasteiger partial charge is 0.358 e. The molecule has 1 N–H and O–H groups in total. The van der Waals surface area contributed by atoms with Crippen molar-refractivity contribution in [1.82, 2.24) is 19.8 Å². The number of carbonyl (C=O) groups excluding carboxylic acids is 1. The molecule has 4 atom stereocenters. The van der Waals surface area contributed by atoms with Gasteiger partial charge in [0.2, 0.25) is 5.91 Å². The number of aromatic nitrogens is 2. The Morgan fingerprint density at radius 2 is 1.92 bits per heavy atom. The molecule has 1 aliphatic carbocycles. The van der Waals surface area contributed by atoms with Gasteiger partial charge in [-0.15, -0.1) is 0 Å². The zero-order chi connectivity index (χ0) is 27.8. The lowest BCUT2D eigenvalue weighted by atomic mass is 9.81. The van der Waals surface area contributed by atoms with Gasteiger partial charge in [0.15, 0.2) is 0 Å². The maximum absolute atomic E-state index is 13.6. The fourth-order valence-electron chi connectivity index (χ4n) is 5.73. The second-order valence-electron chi connectivity index (χ2n) is 10.7. The van der Waals surface area contributed by atoms with E-state index in [1.165, 1.54) is 12.4 Å². The molecule has 8 nitrogen and oxygen atoms in total. The van der Waals surface area contributed by atoms with Gasteiger partial charge in [0.25, 0.3) is 0 Å². The summed E-state index contributed by atoms with van der Waals surface area (Å²) in [6.45, 7) is 6.31. The monoisotopic (exact) mass is 555 g/mol. The number of carbonyl (C=O) groups is 1. The van der Waals surface area contributed by atoms with Crippen LogP contribution in [0, 0.1) is 5.92 Å². The number of alkyl halides is 3. The van der Waals surface area contributed by atoms with Gasteiger partial charge < -0.3 is 15.1 Å². The van der Waals surface area contributed by atoms with Gasteiger partial charge in [-0.05, 0) is 70.7 Å². The Kier molecular flexibility index (Phi) is 8.23. The number of hydrogen-bond acceptors (Lipinski definition) is 7. The fraction of sp³-hybridized carbons (Fsp3) is 0.654. The number of amides is 1. The van der Waals surface area contributed by atoms with Gasteiger partial charge in [-0.3, -0.25) is 4.79 Å². The average molecular weight is 556 g/mol. The molecule has 210 valence electrons. The highest BCUT2D eigenvalue weighted by molar-refractivity contribution is 7.91. The summed E-state index contributed by atoms with van der Waals surface area (Å²) in [5, 5.41) is 3.25. The molecule has 1 amide bonds. The highest BCUT2D eigenvalue weighted by atomic mass is 32.2. The van der Waals surface area contributed by atoms with Gasteiger partial charge in [0, 0.05) is 35.8 Å². The number of nitrogens with zero attached hydrogens (tertiary/aromatic N) is 4. The largest absolute Gasteiger partial charge is 0.416 e. The summed E-state index contributed by atoms with van der Waals surface area (Å²) in [7, 11) is -1.20. The second kappa shape index (κ2) is 11.0. The van der Waals surface area contributed by atoms with Gasteiger partial charge in [-0.2, -0.15) is 13.2 Å². The fourth-order valence-corrected chi connectivity index (χ4v) is 6.97. The molecule has 2 heterocycles. The topological polar surface area (TPSA) is 95.5 Å². The Morgan fingerprint density at radius 3 is 2.58 bits per heavy atom. The minimum Gasteiger partial charge on any atom is -0.358 e. The number of fused-ring (bicyclic) bond motifs is 1. The molecule has 1 aromatic heterocycles. The number of sulfone groups is 1. The minimum absolute atomic E-state index is 0.0369. The first-order valence-corrected chi connectivity index (χ1v) is 14.9. The van der Waals surface area contributed by atoms with E-state index in [9.17, 15) is 26.4 Å². The summed E-state index contributed by atoms with van der Waals surface area (Å²) in [6.07, 6.45) is -0.555. The molecule has 1 saturated heterocycles. The van der Waals surface area contributed by atoms with Crippen LogP contribution in [0.25, 0.3) is 10.9 Å². The van der Waals surface area contributed by atoms with Crippen LogP contribution >= 0.6 is 0 Å². The zero-order valence-corrected chi connectivity index (χ0v) is 23.0. The van der Waals surface area contributed by atoms with Crippen molar-refractivity contribution in [3.8, 4) is 0 Å². The quantitative estimate of drug-likeness (QED) is 0.527. The van der Waals surface area contributed by atoms with E-state index in [0.717, 1.165) is 18.6 Å². The zero-order valence-electron chi connectivity index (χ0n) is 22.2. The first-order chi connectivity index (χ1) is 17.8.